The van der Waals surface area contributed by atoms with Crippen molar-refractivity contribution in [2.24, 2.45) is 0 Å². The van der Waals surface area contributed by atoms with Crippen molar-refractivity contribution >= 4 is 17.3 Å². The molecule has 1 aromatic rings. The molecule has 4 heteroatoms. The summed E-state index contributed by atoms with van der Waals surface area (Å²) < 4.78 is 0. The highest BCUT2D eigenvalue weighted by molar-refractivity contribution is 6.32. The Balaban J connectivity index is 2.16. The highest BCUT2D eigenvalue weighted by Gasteiger charge is 2.21. The number of nitrogens with zero attached hydrogens (tertiary/aromatic N) is 3. The molecule has 1 aliphatic rings. The number of nitriles is 1. The lowest BCUT2D eigenvalue weighted by atomic mass is 10.0. The van der Waals surface area contributed by atoms with Gasteiger partial charge < -0.3 is 9.80 Å². The van der Waals surface area contributed by atoms with Crippen LogP contribution < -0.4 is 4.90 Å². The van der Waals surface area contributed by atoms with Crippen molar-refractivity contribution in [2.75, 3.05) is 32.1 Å². The minimum absolute atomic E-state index is 0.543. The van der Waals surface area contributed by atoms with Crippen LogP contribution in [0.3, 0.4) is 0 Å². The molecule has 1 fully saturated rings. The van der Waals surface area contributed by atoms with Crippen LogP contribution in [-0.2, 0) is 0 Å². The molecule has 1 aliphatic heterocycles. The molecule has 0 N–H and O–H groups in total. The van der Waals surface area contributed by atoms with Crippen LogP contribution in [0.1, 0.15) is 18.4 Å². The minimum atomic E-state index is 0.543. The molecule has 1 saturated heterocycles. The zero-order valence-corrected chi connectivity index (χ0v) is 11.6. The standard InChI is InChI=1S/C14H18ClN3/c1-17(2)13-4-3-7-18(10-13)12-6-5-11(9-16)14(15)8-12/h5-6,8,13H,3-4,7,10H2,1-2H3. The lowest BCUT2D eigenvalue weighted by molar-refractivity contribution is 0.258. The van der Waals surface area contributed by atoms with E-state index in [2.05, 4.69) is 30.0 Å². The van der Waals surface area contributed by atoms with Crippen LogP contribution >= 0.6 is 11.6 Å². The van der Waals surface area contributed by atoms with Crippen LogP contribution in [0.25, 0.3) is 0 Å². The second kappa shape index (κ2) is 5.60. The number of hydrogen-bond acceptors (Lipinski definition) is 3. The van der Waals surface area contributed by atoms with Crippen molar-refractivity contribution in [1.82, 2.24) is 4.90 Å². The number of halogens is 1. The number of anilines is 1. The molecule has 1 atom stereocenters. The molecule has 0 saturated carbocycles. The average molecular weight is 264 g/mol. The van der Waals surface area contributed by atoms with Gasteiger partial charge in [-0.1, -0.05) is 11.6 Å². The van der Waals surface area contributed by atoms with Gasteiger partial charge in [-0.15, -0.1) is 0 Å². The van der Waals surface area contributed by atoms with Crippen molar-refractivity contribution in [1.29, 1.82) is 5.26 Å². The average Bonchev–Trinajstić information content (AvgIpc) is 2.38. The Hall–Kier alpha value is -1.24. The quantitative estimate of drug-likeness (QED) is 0.822. The van der Waals surface area contributed by atoms with E-state index in [1.807, 2.05) is 12.1 Å². The molecule has 96 valence electrons. The van der Waals surface area contributed by atoms with E-state index >= 15 is 0 Å². The fourth-order valence-corrected chi connectivity index (χ4v) is 2.62. The largest absolute Gasteiger partial charge is 0.370 e. The highest BCUT2D eigenvalue weighted by atomic mass is 35.5. The van der Waals surface area contributed by atoms with E-state index in [9.17, 15) is 0 Å². The Labute approximate surface area is 114 Å². The Morgan fingerprint density at radius 1 is 1.44 bits per heavy atom. The Bertz CT molecular complexity index is 465. The fraction of sp³-hybridized carbons (Fsp3) is 0.500. The van der Waals surface area contributed by atoms with Gasteiger partial charge in [-0.3, -0.25) is 0 Å². The smallest absolute Gasteiger partial charge is 0.101 e. The first-order chi connectivity index (χ1) is 8.61. The summed E-state index contributed by atoms with van der Waals surface area (Å²) in [5.41, 5.74) is 1.66. The van der Waals surface area contributed by atoms with Crippen LogP contribution in [0.5, 0.6) is 0 Å². The normalized spacial score (nSPS) is 19.9. The first-order valence-electron chi connectivity index (χ1n) is 6.23. The number of rotatable bonds is 2. The van der Waals surface area contributed by atoms with Crippen molar-refractivity contribution in [3.8, 4) is 6.07 Å². The molecular weight excluding hydrogens is 246 g/mol. The summed E-state index contributed by atoms with van der Waals surface area (Å²) in [5.74, 6) is 0. The second-order valence-corrected chi connectivity index (χ2v) is 5.39. The minimum Gasteiger partial charge on any atom is -0.370 e. The van der Waals surface area contributed by atoms with Crippen molar-refractivity contribution in [2.45, 2.75) is 18.9 Å². The number of hydrogen-bond donors (Lipinski definition) is 0. The number of piperidine rings is 1. The van der Waals surface area contributed by atoms with Crippen LogP contribution in [0.2, 0.25) is 5.02 Å². The molecule has 3 nitrogen and oxygen atoms in total. The Morgan fingerprint density at radius 3 is 2.83 bits per heavy atom. The van der Waals surface area contributed by atoms with Crippen molar-refractivity contribution in [3.05, 3.63) is 28.8 Å². The Kier molecular flexibility index (Phi) is 4.11. The maximum atomic E-state index is 8.88. The molecular formula is C14H18ClN3. The predicted molar refractivity (Wildman–Crippen MR) is 75.1 cm³/mol. The van der Waals surface area contributed by atoms with Gasteiger partial charge in [0.05, 0.1) is 10.6 Å². The summed E-state index contributed by atoms with van der Waals surface area (Å²) in [6.07, 6.45) is 2.44. The zero-order valence-electron chi connectivity index (χ0n) is 10.9. The van der Waals surface area contributed by atoms with Crippen molar-refractivity contribution < 1.29 is 0 Å². The van der Waals surface area contributed by atoms with Crippen molar-refractivity contribution in [3.63, 3.8) is 0 Å². The monoisotopic (exact) mass is 263 g/mol. The molecule has 18 heavy (non-hydrogen) atoms. The first-order valence-corrected chi connectivity index (χ1v) is 6.60. The third-order valence-electron chi connectivity index (χ3n) is 3.57. The van der Waals surface area contributed by atoms with Crippen LogP contribution in [0.15, 0.2) is 18.2 Å². The summed E-state index contributed by atoms with van der Waals surface area (Å²) in [7, 11) is 4.25. The van der Waals surface area contributed by atoms with Gasteiger partial charge in [-0.2, -0.15) is 5.26 Å². The molecule has 2 rings (SSSR count). The Morgan fingerprint density at radius 2 is 2.22 bits per heavy atom. The van der Waals surface area contributed by atoms with Gasteiger partial charge in [-0.25, -0.2) is 0 Å². The summed E-state index contributed by atoms with van der Waals surface area (Å²) in [6, 6.07) is 8.38. The first kappa shape index (κ1) is 13.2. The highest BCUT2D eigenvalue weighted by Crippen LogP contribution is 2.26. The van der Waals surface area contributed by atoms with E-state index in [-0.39, 0.29) is 0 Å². The molecule has 0 amide bonds. The predicted octanol–water partition coefficient (Wildman–Crippen LogP) is 2.74. The van der Waals surface area contributed by atoms with Gasteiger partial charge in [0, 0.05) is 24.8 Å². The fourth-order valence-electron chi connectivity index (χ4n) is 2.40. The molecule has 0 aliphatic carbocycles. The third-order valence-corrected chi connectivity index (χ3v) is 3.88. The second-order valence-electron chi connectivity index (χ2n) is 4.98. The SMILES string of the molecule is CN(C)C1CCCN(c2ccc(C#N)c(Cl)c2)C1. The van der Waals surface area contributed by atoms with Crippen LogP contribution in [0.4, 0.5) is 5.69 Å². The molecule has 0 radical (unpaired) electrons. The number of likely N-dealkylation sites (N-methyl/N-ethyl adjacent to an activating group) is 1. The molecule has 1 aromatic carbocycles. The van der Waals surface area contributed by atoms with E-state index in [1.54, 1.807) is 6.07 Å². The molecule has 0 aromatic heterocycles. The van der Waals surface area contributed by atoms with E-state index in [0.717, 1.165) is 18.8 Å². The number of benzene rings is 1. The maximum absolute atomic E-state index is 8.88. The van der Waals surface area contributed by atoms with E-state index in [4.69, 9.17) is 16.9 Å². The van der Waals surface area contributed by atoms with Crippen LogP contribution in [0, 0.1) is 11.3 Å². The topological polar surface area (TPSA) is 30.3 Å². The zero-order chi connectivity index (χ0) is 13.1. The van der Waals surface area contributed by atoms with Gasteiger partial charge in [0.25, 0.3) is 0 Å². The molecule has 0 spiro atoms. The van der Waals surface area contributed by atoms with E-state index in [0.29, 0.717) is 16.6 Å². The van der Waals surface area contributed by atoms with E-state index in [1.165, 1.54) is 12.8 Å². The van der Waals surface area contributed by atoms with Gasteiger partial charge in [-0.05, 0) is 45.1 Å². The van der Waals surface area contributed by atoms with Gasteiger partial charge in [0.15, 0.2) is 0 Å². The maximum Gasteiger partial charge on any atom is 0.101 e. The van der Waals surface area contributed by atoms with Crippen LogP contribution in [-0.4, -0.2) is 38.1 Å². The summed E-state index contributed by atoms with van der Waals surface area (Å²) in [6.45, 7) is 2.09. The van der Waals surface area contributed by atoms with Gasteiger partial charge in [0.2, 0.25) is 0 Å². The lowest BCUT2D eigenvalue weighted by Crippen LogP contribution is -2.45. The molecule has 1 unspecified atom stereocenters. The third kappa shape index (κ3) is 2.77. The molecule has 1 heterocycles. The van der Waals surface area contributed by atoms with Gasteiger partial charge >= 0.3 is 0 Å². The summed E-state index contributed by atoms with van der Waals surface area (Å²) >= 11 is 6.09. The summed E-state index contributed by atoms with van der Waals surface area (Å²) in [4.78, 5) is 4.62. The molecule has 0 bridgehead atoms. The lowest BCUT2D eigenvalue weighted by Gasteiger charge is -2.37. The van der Waals surface area contributed by atoms with E-state index < -0.39 is 0 Å². The van der Waals surface area contributed by atoms with Gasteiger partial charge in [0.1, 0.15) is 6.07 Å². The summed E-state index contributed by atoms with van der Waals surface area (Å²) in [5, 5.41) is 9.42.